The van der Waals surface area contributed by atoms with Crippen LogP contribution in [0.1, 0.15) is 18.4 Å². The predicted octanol–water partition coefficient (Wildman–Crippen LogP) is 2.54. The van der Waals surface area contributed by atoms with E-state index in [1.807, 2.05) is 23.1 Å². The van der Waals surface area contributed by atoms with Crippen LogP contribution in [0.2, 0.25) is 0 Å². The highest BCUT2D eigenvalue weighted by atomic mass is 16.5. The molecule has 1 aromatic carbocycles. The normalized spacial score (nSPS) is 24.4. The zero-order valence-electron chi connectivity index (χ0n) is 14.2. The average molecular weight is 330 g/mol. The smallest absolute Gasteiger partial charge is 0.317 e. The first-order valence-corrected chi connectivity index (χ1v) is 8.65. The first-order valence-electron chi connectivity index (χ1n) is 8.65. The molecule has 0 aliphatic carbocycles. The Kier molecular flexibility index (Phi) is 5.88. The maximum Gasteiger partial charge on any atom is 0.317 e. The van der Waals surface area contributed by atoms with Gasteiger partial charge in [-0.3, -0.25) is 0 Å². The molecule has 5 heteroatoms. The summed E-state index contributed by atoms with van der Waals surface area (Å²) >= 11 is 0. The Bertz CT molecular complexity index is 573. The number of rotatable bonds is 4. The molecule has 1 aromatic rings. The summed E-state index contributed by atoms with van der Waals surface area (Å²) in [6, 6.07) is 10.3. The van der Waals surface area contributed by atoms with Crippen LogP contribution in [-0.4, -0.2) is 57.0 Å². The molecule has 2 unspecified atom stereocenters. The number of nitrogens with zero attached hydrogens (tertiary/aromatic N) is 1. The van der Waals surface area contributed by atoms with Crippen LogP contribution in [0.3, 0.4) is 0 Å². The molecule has 0 bridgehead atoms. The minimum Gasteiger partial charge on any atom is -0.379 e. The number of hydrogen-bond acceptors (Lipinski definition) is 3. The van der Waals surface area contributed by atoms with Crippen LogP contribution in [0.5, 0.6) is 0 Å². The standard InChI is InChI=1S/C19H26N2O3/c1-23-18-14-24-11-9-16(18)12-20-19(22)21-10-5-8-17(13-21)15-6-3-2-4-7-15/h2-4,6-8,16,18H,5,9-14H2,1H3,(H,20,22). The van der Waals surface area contributed by atoms with Gasteiger partial charge in [-0.25, -0.2) is 4.79 Å². The highest BCUT2D eigenvalue weighted by molar-refractivity contribution is 5.78. The molecule has 3 rings (SSSR count). The zero-order valence-corrected chi connectivity index (χ0v) is 14.2. The van der Waals surface area contributed by atoms with Gasteiger partial charge in [0, 0.05) is 39.3 Å². The van der Waals surface area contributed by atoms with Crippen molar-refractivity contribution in [2.75, 3.05) is 40.0 Å². The van der Waals surface area contributed by atoms with E-state index in [4.69, 9.17) is 9.47 Å². The molecular formula is C19H26N2O3. The lowest BCUT2D eigenvalue weighted by molar-refractivity contribution is -0.0640. The molecule has 5 nitrogen and oxygen atoms in total. The molecule has 2 atom stereocenters. The van der Waals surface area contributed by atoms with Crippen molar-refractivity contribution >= 4 is 11.6 Å². The molecule has 0 spiro atoms. The number of ether oxygens (including phenoxy) is 2. The second-order valence-electron chi connectivity index (χ2n) is 6.39. The van der Waals surface area contributed by atoms with Gasteiger partial charge in [0.25, 0.3) is 0 Å². The lowest BCUT2D eigenvalue weighted by Gasteiger charge is -2.32. The van der Waals surface area contributed by atoms with Gasteiger partial charge < -0.3 is 19.7 Å². The molecule has 2 heterocycles. The largest absolute Gasteiger partial charge is 0.379 e. The van der Waals surface area contributed by atoms with E-state index in [0.29, 0.717) is 25.6 Å². The Morgan fingerprint density at radius 2 is 2.21 bits per heavy atom. The Balaban J connectivity index is 1.53. The van der Waals surface area contributed by atoms with Crippen molar-refractivity contribution in [1.82, 2.24) is 10.2 Å². The third-order valence-electron chi connectivity index (χ3n) is 4.84. The topological polar surface area (TPSA) is 50.8 Å². The summed E-state index contributed by atoms with van der Waals surface area (Å²) in [7, 11) is 1.70. The molecule has 2 aliphatic heterocycles. The maximum atomic E-state index is 12.5. The summed E-state index contributed by atoms with van der Waals surface area (Å²) < 4.78 is 10.9. The summed E-state index contributed by atoms with van der Waals surface area (Å²) in [5.74, 6) is 0.321. The zero-order chi connectivity index (χ0) is 16.8. The lowest BCUT2D eigenvalue weighted by Crippen LogP contribution is -2.47. The third-order valence-corrected chi connectivity index (χ3v) is 4.84. The fourth-order valence-corrected chi connectivity index (χ4v) is 3.36. The SMILES string of the molecule is COC1COCCC1CNC(=O)N1CCC=C(c2ccccc2)C1. The quantitative estimate of drug-likeness (QED) is 0.923. The number of benzene rings is 1. The molecule has 24 heavy (non-hydrogen) atoms. The summed E-state index contributed by atoms with van der Waals surface area (Å²) in [6.07, 6.45) is 4.13. The van der Waals surface area contributed by atoms with Crippen molar-refractivity contribution in [3.05, 3.63) is 42.0 Å². The average Bonchev–Trinajstić information content (AvgIpc) is 2.67. The van der Waals surface area contributed by atoms with Crippen LogP contribution in [-0.2, 0) is 9.47 Å². The molecule has 2 aliphatic rings. The summed E-state index contributed by atoms with van der Waals surface area (Å²) in [6.45, 7) is 3.43. The number of urea groups is 1. The van der Waals surface area contributed by atoms with E-state index in [2.05, 4.69) is 23.5 Å². The van der Waals surface area contributed by atoms with Gasteiger partial charge in [-0.1, -0.05) is 36.4 Å². The van der Waals surface area contributed by atoms with Crippen LogP contribution >= 0.6 is 0 Å². The van der Waals surface area contributed by atoms with Crippen LogP contribution in [0.4, 0.5) is 4.79 Å². The molecule has 1 fully saturated rings. The van der Waals surface area contributed by atoms with Crippen molar-refractivity contribution in [2.24, 2.45) is 5.92 Å². The molecule has 0 aromatic heterocycles. The van der Waals surface area contributed by atoms with E-state index < -0.39 is 0 Å². The van der Waals surface area contributed by atoms with Crippen molar-refractivity contribution in [1.29, 1.82) is 0 Å². The van der Waals surface area contributed by atoms with Gasteiger partial charge in [-0.15, -0.1) is 0 Å². The van der Waals surface area contributed by atoms with Gasteiger partial charge in [0.1, 0.15) is 0 Å². The van der Waals surface area contributed by atoms with Crippen molar-refractivity contribution in [3.63, 3.8) is 0 Å². The minimum atomic E-state index is 0.0119. The summed E-state index contributed by atoms with van der Waals surface area (Å²) in [5, 5.41) is 3.08. The Labute approximate surface area is 143 Å². The number of carbonyl (C=O) groups is 1. The van der Waals surface area contributed by atoms with Crippen molar-refractivity contribution in [2.45, 2.75) is 18.9 Å². The number of carbonyl (C=O) groups excluding carboxylic acids is 1. The van der Waals surface area contributed by atoms with E-state index in [0.717, 1.165) is 26.0 Å². The van der Waals surface area contributed by atoms with Gasteiger partial charge in [0.2, 0.25) is 0 Å². The lowest BCUT2D eigenvalue weighted by atomic mass is 9.97. The number of nitrogens with one attached hydrogen (secondary N) is 1. The second kappa shape index (κ2) is 8.31. The number of hydrogen-bond donors (Lipinski definition) is 1. The number of methoxy groups -OCH3 is 1. The van der Waals surface area contributed by atoms with Gasteiger partial charge in [-0.05, 0) is 24.0 Å². The van der Waals surface area contributed by atoms with Crippen LogP contribution < -0.4 is 5.32 Å². The monoisotopic (exact) mass is 330 g/mol. The minimum absolute atomic E-state index is 0.0119. The first kappa shape index (κ1) is 17.0. The number of amides is 2. The van der Waals surface area contributed by atoms with Crippen LogP contribution in [0.15, 0.2) is 36.4 Å². The summed E-state index contributed by atoms with van der Waals surface area (Å²) in [5.41, 5.74) is 2.41. The third kappa shape index (κ3) is 4.16. The Morgan fingerprint density at radius 3 is 3.00 bits per heavy atom. The van der Waals surface area contributed by atoms with Crippen LogP contribution in [0.25, 0.3) is 5.57 Å². The van der Waals surface area contributed by atoms with E-state index >= 15 is 0 Å². The highest BCUT2D eigenvalue weighted by Gasteiger charge is 2.27. The fourth-order valence-electron chi connectivity index (χ4n) is 3.36. The van der Waals surface area contributed by atoms with E-state index in [1.165, 1.54) is 11.1 Å². The van der Waals surface area contributed by atoms with Gasteiger partial charge in [0.05, 0.1) is 12.7 Å². The van der Waals surface area contributed by atoms with Gasteiger partial charge in [-0.2, -0.15) is 0 Å². The van der Waals surface area contributed by atoms with Crippen molar-refractivity contribution < 1.29 is 14.3 Å². The maximum absolute atomic E-state index is 12.5. The van der Waals surface area contributed by atoms with E-state index in [1.54, 1.807) is 7.11 Å². The molecule has 130 valence electrons. The van der Waals surface area contributed by atoms with Crippen LogP contribution in [0, 0.1) is 5.92 Å². The highest BCUT2D eigenvalue weighted by Crippen LogP contribution is 2.21. The molecule has 1 N–H and O–H groups in total. The summed E-state index contributed by atoms with van der Waals surface area (Å²) in [4.78, 5) is 14.4. The Morgan fingerprint density at radius 1 is 1.38 bits per heavy atom. The van der Waals surface area contributed by atoms with Crippen molar-refractivity contribution in [3.8, 4) is 0 Å². The molecule has 0 saturated carbocycles. The molecule has 0 radical (unpaired) electrons. The first-order chi connectivity index (χ1) is 11.8. The molecule has 2 amide bonds. The second-order valence-corrected chi connectivity index (χ2v) is 6.39. The Hall–Kier alpha value is -1.85. The molecule has 1 saturated heterocycles. The van der Waals surface area contributed by atoms with Gasteiger partial charge in [0.15, 0.2) is 0 Å². The fraction of sp³-hybridized carbons (Fsp3) is 0.526. The predicted molar refractivity (Wildman–Crippen MR) is 93.7 cm³/mol. The molecular weight excluding hydrogens is 304 g/mol. The van der Waals surface area contributed by atoms with E-state index in [-0.39, 0.29) is 12.1 Å². The van der Waals surface area contributed by atoms with E-state index in [9.17, 15) is 4.79 Å². The van der Waals surface area contributed by atoms with Gasteiger partial charge >= 0.3 is 6.03 Å².